The van der Waals surface area contributed by atoms with Gasteiger partial charge in [-0.1, -0.05) is 5.16 Å². The molecule has 0 aliphatic heterocycles. The molecule has 2 radical (unpaired) electrons. The van der Waals surface area contributed by atoms with Gasteiger partial charge in [-0.25, -0.2) is 0 Å². The molecule has 0 unspecified atom stereocenters. The van der Waals surface area contributed by atoms with E-state index in [0.717, 1.165) is 0 Å². The van der Waals surface area contributed by atoms with Crippen molar-refractivity contribution in [3.8, 4) is 0 Å². The highest BCUT2D eigenvalue weighted by atomic mass is 16.6. The summed E-state index contributed by atoms with van der Waals surface area (Å²) in [5.74, 6) is 7.26. The Kier molecular flexibility index (Phi) is 2.73. The zero-order chi connectivity index (χ0) is 4.12. The summed E-state index contributed by atoms with van der Waals surface area (Å²) in [5, 5.41) is 9.61. The van der Waals surface area contributed by atoms with Crippen molar-refractivity contribution >= 4 is 6.40 Å². The highest BCUT2D eigenvalue weighted by Crippen LogP contribution is 1.45. The topological polar surface area (TPSA) is 64.1 Å². The van der Waals surface area contributed by atoms with Gasteiger partial charge in [0.25, 0.3) is 0 Å². The number of hydrogen-bond acceptors (Lipinski definition) is 3. The molecular weight excluding hydrogens is 72.0 g/mol. The van der Waals surface area contributed by atoms with E-state index in [1.807, 2.05) is 0 Å². The van der Waals surface area contributed by atoms with Gasteiger partial charge in [-0.3, -0.25) is 0 Å². The van der Waals surface area contributed by atoms with Crippen LogP contribution in [0.5, 0.6) is 0 Å². The van der Waals surface area contributed by atoms with Crippen molar-refractivity contribution in [1.82, 2.24) is 5.90 Å². The van der Waals surface area contributed by atoms with Crippen LogP contribution in [-0.4, -0.2) is 11.6 Å². The van der Waals surface area contributed by atoms with Crippen LogP contribution >= 0.6 is 0 Å². The molecule has 0 spiro atoms. The molecule has 0 aromatic heterocycles. The first-order valence-electron chi connectivity index (χ1n) is 0.876. The molecule has 28 valence electrons. The second-order valence-electron chi connectivity index (χ2n) is 0.326. The van der Waals surface area contributed by atoms with Crippen LogP contribution in [0.4, 0.5) is 0 Å². The first-order chi connectivity index (χ1) is 2.41. The maximum atomic E-state index is 7.35. The molecule has 5 heavy (non-hydrogen) atoms. The summed E-state index contributed by atoms with van der Waals surface area (Å²) < 4.78 is 0. The maximum Gasteiger partial charge on any atom is 0.242 e. The lowest BCUT2D eigenvalue weighted by atomic mass is 11.5. The van der Waals surface area contributed by atoms with Crippen LogP contribution in [-0.2, 0) is 4.84 Å². The number of nitrogens with zero attached hydrogens (tertiary/aromatic N) is 2. The summed E-state index contributed by atoms with van der Waals surface area (Å²) in [6.07, 6.45) is 0.486. The Balaban J connectivity index is 2.62. The van der Waals surface area contributed by atoms with Crippen LogP contribution in [0, 0.1) is 0 Å². The van der Waals surface area contributed by atoms with E-state index in [-0.39, 0.29) is 0 Å². The molecule has 0 saturated carbocycles. The third-order valence-corrected chi connectivity index (χ3v) is 0.0943. The normalized spacial score (nSPS) is 9.00. The van der Waals surface area contributed by atoms with E-state index < -0.39 is 0 Å². The zero-order valence-corrected chi connectivity index (χ0v) is 2.33. The lowest BCUT2D eigenvalue weighted by Gasteiger charge is -1.67. The van der Waals surface area contributed by atoms with E-state index in [1.165, 1.54) is 0 Å². The van der Waals surface area contributed by atoms with Gasteiger partial charge in [0.2, 0.25) is 6.40 Å². The smallest absolute Gasteiger partial charge is 0.242 e. The minimum absolute atomic E-state index is 0.486. The average Bonchev–Trinajstić information content (AvgIpc) is 1.41. The Hall–Kier alpha value is -0.770. The van der Waals surface area contributed by atoms with E-state index in [9.17, 15) is 0 Å². The monoisotopic (exact) mass is 74.0 g/mol. The summed E-state index contributed by atoms with van der Waals surface area (Å²) in [5.41, 5.74) is 0. The van der Waals surface area contributed by atoms with E-state index in [2.05, 4.69) is 9.99 Å². The molecule has 0 aromatic rings. The van der Waals surface area contributed by atoms with Gasteiger partial charge in [0.15, 0.2) is 0 Å². The molecule has 0 fully saturated rings. The third kappa shape index (κ3) is 3.23. The summed E-state index contributed by atoms with van der Waals surface area (Å²) in [6, 6.07) is 0. The van der Waals surface area contributed by atoms with Crippen LogP contribution in [0.1, 0.15) is 0 Å². The van der Waals surface area contributed by atoms with Gasteiger partial charge in [0.1, 0.15) is 5.90 Å². The van der Waals surface area contributed by atoms with Crippen molar-refractivity contribution in [3.63, 3.8) is 0 Å². The van der Waals surface area contributed by atoms with Crippen LogP contribution in [0.2, 0.25) is 0 Å². The fraction of sp³-hybridized carbons (Fsp3) is 0. The highest BCUT2D eigenvalue weighted by molar-refractivity contribution is 5.43. The average molecular weight is 74.0 g/mol. The van der Waals surface area contributed by atoms with Crippen LogP contribution < -0.4 is 5.90 Å². The minimum atomic E-state index is 0.486. The Morgan fingerprint density at radius 2 is 2.60 bits per heavy atom. The minimum Gasteiger partial charge on any atom is -0.408 e. The summed E-state index contributed by atoms with van der Waals surface area (Å²) in [7, 11) is 0. The Morgan fingerprint density at radius 3 is 2.60 bits per heavy atom. The van der Waals surface area contributed by atoms with E-state index in [0.29, 0.717) is 6.40 Å². The molecule has 0 aliphatic carbocycles. The summed E-state index contributed by atoms with van der Waals surface area (Å²) in [4.78, 5) is 3.15. The van der Waals surface area contributed by atoms with Gasteiger partial charge >= 0.3 is 0 Å². The number of hydrogen-bond donors (Lipinski definition) is 1. The molecule has 4 heteroatoms. The molecule has 0 aliphatic rings. The molecule has 0 saturated heterocycles. The molecule has 0 heterocycles. The fourth-order valence-electron chi connectivity index (χ4n) is 0.0211. The van der Waals surface area contributed by atoms with E-state index in [1.54, 1.807) is 0 Å². The van der Waals surface area contributed by atoms with Gasteiger partial charge in [-0.05, 0) is 0 Å². The zero-order valence-electron chi connectivity index (χ0n) is 2.33. The molecule has 0 rings (SSSR count). The fourth-order valence-corrected chi connectivity index (χ4v) is 0.0211. The molecule has 0 bridgehead atoms. The number of rotatable bonds is 1. The quantitative estimate of drug-likeness (QED) is 0.195. The summed E-state index contributed by atoms with van der Waals surface area (Å²) >= 11 is 0. The van der Waals surface area contributed by atoms with Gasteiger partial charge in [-0.15, -0.1) is 0 Å². The lowest BCUT2D eigenvalue weighted by Crippen LogP contribution is -1.76. The van der Waals surface area contributed by atoms with Crippen molar-refractivity contribution < 1.29 is 10.0 Å². The molecular formula is CH2N2O2. The first-order valence-corrected chi connectivity index (χ1v) is 0.876. The van der Waals surface area contributed by atoms with Crippen LogP contribution in [0.15, 0.2) is 5.16 Å². The maximum absolute atomic E-state index is 7.35. The standard InChI is InChI=1S/CH2N2O2/c2-5-1-3-4/h1,4H/b3-1+. The molecule has 4 nitrogen and oxygen atoms in total. The predicted molar refractivity (Wildman–Crippen MR) is 13.5 cm³/mol. The van der Waals surface area contributed by atoms with Crippen LogP contribution in [0.25, 0.3) is 0 Å². The molecule has 1 N–H and O–H groups in total. The second-order valence-corrected chi connectivity index (χ2v) is 0.326. The first kappa shape index (κ1) is 4.23. The predicted octanol–water partition coefficient (Wildman–Crippen LogP) is -0.596. The van der Waals surface area contributed by atoms with Crippen molar-refractivity contribution in [2.24, 2.45) is 5.16 Å². The SMILES string of the molecule is [N]O/C=N/O. The Morgan fingerprint density at radius 1 is 2.00 bits per heavy atom. The highest BCUT2D eigenvalue weighted by Gasteiger charge is 1.54. The van der Waals surface area contributed by atoms with Gasteiger partial charge in [0, 0.05) is 0 Å². The molecule has 0 atom stereocenters. The number of oxime groups is 1. The van der Waals surface area contributed by atoms with E-state index in [4.69, 9.17) is 11.1 Å². The van der Waals surface area contributed by atoms with Crippen molar-refractivity contribution in [2.45, 2.75) is 0 Å². The van der Waals surface area contributed by atoms with Gasteiger partial charge in [0.05, 0.1) is 0 Å². The van der Waals surface area contributed by atoms with Crippen molar-refractivity contribution in [3.05, 3.63) is 0 Å². The van der Waals surface area contributed by atoms with Gasteiger partial charge < -0.3 is 10.0 Å². The molecule has 0 amide bonds. The summed E-state index contributed by atoms with van der Waals surface area (Å²) in [6.45, 7) is 0. The Labute approximate surface area is 28.8 Å². The van der Waals surface area contributed by atoms with Crippen LogP contribution in [0.3, 0.4) is 0 Å². The largest absolute Gasteiger partial charge is 0.408 e. The van der Waals surface area contributed by atoms with Crippen molar-refractivity contribution in [2.75, 3.05) is 0 Å². The third-order valence-electron chi connectivity index (χ3n) is 0.0943. The van der Waals surface area contributed by atoms with Crippen molar-refractivity contribution in [1.29, 1.82) is 0 Å². The second kappa shape index (κ2) is 3.23. The lowest BCUT2D eigenvalue weighted by molar-refractivity contribution is 0.262. The Bertz CT molecular complexity index is 34.6. The van der Waals surface area contributed by atoms with E-state index >= 15 is 0 Å². The van der Waals surface area contributed by atoms with Gasteiger partial charge in [-0.2, -0.15) is 0 Å². The molecule has 0 aromatic carbocycles.